The molecule has 3 aromatic rings. The molecule has 0 saturated heterocycles. The SMILES string of the molecule is Cc1nc2cccc(C(=O)CC3CCC(CCN4CCc5sc(OCC(C)(F)F)nc5C4)CC3)c2o1. The quantitative estimate of drug-likeness (QED) is 0.304. The predicted molar refractivity (Wildman–Crippen MR) is 135 cm³/mol. The normalized spacial score (nSPS) is 21.0. The van der Waals surface area contributed by atoms with Gasteiger partial charge in [-0.1, -0.05) is 30.2 Å². The van der Waals surface area contributed by atoms with E-state index in [4.69, 9.17) is 9.15 Å². The number of carbonyl (C=O) groups is 1. The fourth-order valence-corrected chi connectivity index (χ4v) is 6.32. The number of alkyl halides is 2. The minimum atomic E-state index is -2.85. The van der Waals surface area contributed by atoms with Gasteiger partial charge in [-0.25, -0.2) is 18.7 Å². The first-order chi connectivity index (χ1) is 17.2. The Bertz CT molecular complexity index is 1210. The average molecular weight is 518 g/mol. The van der Waals surface area contributed by atoms with Crippen molar-refractivity contribution in [1.82, 2.24) is 14.9 Å². The van der Waals surface area contributed by atoms with E-state index in [0.717, 1.165) is 81.2 Å². The molecule has 5 rings (SSSR count). The van der Waals surface area contributed by atoms with Crippen LogP contribution in [0.1, 0.15) is 72.3 Å². The molecule has 0 radical (unpaired) electrons. The van der Waals surface area contributed by atoms with Crippen molar-refractivity contribution < 1.29 is 22.7 Å². The molecule has 1 aliphatic heterocycles. The van der Waals surface area contributed by atoms with E-state index in [1.807, 2.05) is 18.2 Å². The van der Waals surface area contributed by atoms with Crippen LogP contribution in [0.25, 0.3) is 11.1 Å². The van der Waals surface area contributed by atoms with Crippen molar-refractivity contribution >= 4 is 28.2 Å². The van der Waals surface area contributed by atoms with Crippen LogP contribution in [0.5, 0.6) is 5.19 Å². The fourth-order valence-electron chi connectivity index (χ4n) is 5.41. The van der Waals surface area contributed by atoms with Gasteiger partial charge in [0, 0.05) is 38.2 Å². The Balaban J connectivity index is 1.06. The molecule has 3 heterocycles. The summed E-state index contributed by atoms with van der Waals surface area (Å²) in [5.74, 6) is -1.01. The smallest absolute Gasteiger partial charge is 0.278 e. The number of fused-ring (bicyclic) bond motifs is 2. The Hall–Kier alpha value is -2.39. The van der Waals surface area contributed by atoms with Crippen LogP contribution in [0.4, 0.5) is 8.78 Å². The number of aryl methyl sites for hydroxylation is 1. The van der Waals surface area contributed by atoms with Gasteiger partial charge in [-0.15, -0.1) is 0 Å². The molecular formula is C27H33F2N3O3S. The van der Waals surface area contributed by atoms with Gasteiger partial charge >= 0.3 is 0 Å². The highest BCUT2D eigenvalue weighted by atomic mass is 32.1. The number of para-hydroxylation sites is 1. The summed E-state index contributed by atoms with van der Waals surface area (Å²) in [6, 6.07) is 5.61. The molecule has 1 fully saturated rings. The van der Waals surface area contributed by atoms with E-state index in [-0.39, 0.29) is 5.78 Å². The topological polar surface area (TPSA) is 68.5 Å². The van der Waals surface area contributed by atoms with Gasteiger partial charge < -0.3 is 9.15 Å². The number of ether oxygens (including phenoxy) is 1. The molecule has 0 spiro atoms. The van der Waals surface area contributed by atoms with Crippen LogP contribution < -0.4 is 4.74 Å². The number of hydrogen-bond acceptors (Lipinski definition) is 7. The molecule has 0 unspecified atom stereocenters. The summed E-state index contributed by atoms with van der Waals surface area (Å²) in [4.78, 5) is 25.4. The third kappa shape index (κ3) is 6.11. The number of hydrogen-bond donors (Lipinski definition) is 0. The molecule has 194 valence electrons. The number of ketones is 1. The van der Waals surface area contributed by atoms with E-state index in [1.165, 1.54) is 11.3 Å². The average Bonchev–Trinajstić information content (AvgIpc) is 3.43. The molecule has 0 atom stereocenters. The first-order valence-electron chi connectivity index (χ1n) is 12.8. The predicted octanol–water partition coefficient (Wildman–Crippen LogP) is 6.45. The monoisotopic (exact) mass is 517 g/mol. The van der Waals surface area contributed by atoms with Crippen molar-refractivity contribution in [2.24, 2.45) is 11.8 Å². The van der Waals surface area contributed by atoms with Gasteiger partial charge in [-0.05, 0) is 56.2 Å². The van der Waals surface area contributed by atoms with Gasteiger partial charge in [0.2, 0.25) is 0 Å². The minimum absolute atomic E-state index is 0.151. The largest absolute Gasteiger partial charge is 0.464 e. The van der Waals surface area contributed by atoms with Crippen molar-refractivity contribution in [2.75, 3.05) is 19.7 Å². The van der Waals surface area contributed by atoms with E-state index >= 15 is 0 Å². The second kappa shape index (κ2) is 10.5. The second-order valence-electron chi connectivity index (χ2n) is 10.4. The molecule has 1 aromatic carbocycles. The Morgan fingerprint density at radius 2 is 2.00 bits per heavy atom. The van der Waals surface area contributed by atoms with Crippen molar-refractivity contribution in [3.8, 4) is 5.19 Å². The number of carbonyl (C=O) groups excluding carboxylic acids is 1. The van der Waals surface area contributed by atoms with Gasteiger partial charge in [0.1, 0.15) is 5.52 Å². The number of halogens is 2. The number of Topliss-reactive ketones (excluding diaryl/α,β-unsaturated/α-hetero) is 1. The fraction of sp³-hybridized carbons (Fsp3) is 0.593. The van der Waals surface area contributed by atoms with Crippen LogP contribution in [0.2, 0.25) is 0 Å². The highest BCUT2D eigenvalue weighted by Gasteiger charge is 2.28. The zero-order valence-corrected chi connectivity index (χ0v) is 21.7. The van der Waals surface area contributed by atoms with Crippen LogP contribution in [0, 0.1) is 18.8 Å². The van der Waals surface area contributed by atoms with Gasteiger partial charge in [0.05, 0.1) is 11.3 Å². The third-order valence-corrected chi connectivity index (χ3v) is 8.42. The Morgan fingerprint density at radius 3 is 2.78 bits per heavy atom. The number of rotatable bonds is 9. The highest BCUT2D eigenvalue weighted by molar-refractivity contribution is 7.13. The first-order valence-corrected chi connectivity index (χ1v) is 13.7. The van der Waals surface area contributed by atoms with E-state index in [2.05, 4.69) is 14.9 Å². The number of oxazole rings is 1. The molecular weight excluding hydrogens is 484 g/mol. The Kier molecular flexibility index (Phi) is 7.40. The highest BCUT2D eigenvalue weighted by Crippen LogP contribution is 2.35. The van der Waals surface area contributed by atoms with Gasteiger partial charge in [0.15, 0.2) is 23.9 Å². The third-order valence-electron chi connectivity index (χ3n) is 7.35. The van der Waals surface area contributed by atoms with Gasteiger partial charge in [-0.3, -0.25) is 9.69 Å². The maximum absolute atomic E-state index is 13.1. The summed E-state index contributed by atoms with van der Waals surface area (Å²) >= 11 is 1.40. The zero-order valence-electron chi connectivity index (χ0n) is 20.9. The van der Waals surface area contributed by atoms with Crippen LogP contribution in [-0.2, 0) is 13.0 Å². The summed E-state index contributed by atoms with van der Waals surface area (Å²) in [5, 5.41) is 0.353. The van der Waals surface area contributed by atoms with Crippen molar-refractivity contribution in [1.29, 1.82) is 0 Å². The van der Waals surface area contributed by atoms with Crippen molar-refractivity contribution in [3.05, 3.63) is 40.2 Å². The number of benzene rings is 1. The molecule has 0 N–H and O–H groups in total. The lowest BCUT2D eigenvalue weighted by molar-refractivity contribution is -0.0230. The maximum Gasteiger partial charge on any atom is 0.278 e. The summed E-state index contributed by atoms with van der Waals surface area (Å²) < 4.78 is 37.0. The molecule has 0 amide bonds. The molecule has 36 heavy (non-hydrogen) atoms. The van der Waals surface area contributed by atoms with Crippen LogP contribution >= 0.6 is 11.3 Å². The van der Waals surface area contributed by atoms with Crippen LogP contribution in [0.15, 0.2) is 22.6 Å². The number of nitrogens with zero attached hydrogens (tertiary/aromatic N) is 3. The molecule has 0 bridgehead atoms. The Morgan fingerprint density at radius 1 is 1.22 bits per heavy atom. The van der Waals surface area contributed by atoms with Crippen molar-refractivity contribution in [2.45, 2.75) is 71.3 Å². The lowest BCUT2D eigenvalue weighted by Gasteiger charge is -2.31. The van der Waals surface area contributed by atoms with Crippen LogP contribution in [0.3, 0.4) is 0 Å². The Labute approximate surface area is 214 Å². The number of aromatic nitrogens is 2. The minimum Gasteiger partial charge on any atom is -0.464 e. The zero-order chi connectivity index (χ0) is 25.3. The summed E-state index contributed by atoms with van der Waals surface area (Å²) in [5.41, 5.74) is 2.98. The summed E-state index contributed by atoms with van der Waals surface area (Å²) in [6.45, 7) is 4.77. The summed E-state index contributed by atoms with van der Waals surface area (Å²) in [6.07, 6.45) is 7.08. The van der Waals surface area contributed by atoms with E-state index in [9.17, 15) is 13.6 Å². The van der Waals surface area contributed by atoms with Crippen LogP contribution in [-0.4, -0.2) is 46.3 Å². The van der Waals surface area contributed by atoms with Crippen molar-refractivity contribution in [3.63, 3.8) is 0 Å². The van der Waals surface area contributed by atoms with Gasteiger partial charge in [-0.2, -0.15) is 0 Å². The van der Waals surface area contributed by atoms with Gasteiger partial charge in [0.25, 0.3) is 11.1 Å². The lowest BCUT2D eigenvalue weighted by atomic mass is 9.78. The summed E-state index contributed by atoms with van der Waals surface area (Å²) in [7, 11) is 0. The first kappa shape index (κ1) is 25.3. The van der Waals surface area contributed by atoms with E-state index in [0.29, 0.717) is 40.5 Å². The van der Waals surface area contributed by atoms with E-state index < -0.39 is 12.5 Å². The lowest BCUT2D eigenvalue weighted by Crippen LogP contribution is -2.32. The molecule has 6 nitrogen and oxygen atoms in total. The molecule has 1 aliphatic carbocycles. The standard InChI is InChI=1S/C27H33F2N3O3S/c1-17-30-21-5-3-4-20(25(21)35-17)23(33)14-19-8-6-18(7-9-19)10-12-32-13-11-24-22(15-32)31-26(36-24)34-16-27(2,28)29/h3-5,18-19H,6-16H2,1-2H3. The molecule has 2 aromatic heterocycles. The number of thiazole rings is 1. The molecule has 2 aliphatic rings. The maximum atomic E-state index is 13.1. The molecule has 9 heteroatoms. The molecule has 1 saturated carbocycles. The second-order valence-corrected chi connectivity index (χ2v) is 11.5. The van der Waals surface area contributed by atoms with E-state index in [1.54, 1.807) is 6.92 Å².